The number of sulfonamides is 1. The molecule has 0 spiro atoms. The Kier molecular flexibility index (Phi) is 12.0. The highest BCUT2D eigenvalue weighted by molar-refractivity contribution is 14.1. The smallest absolute Gasteiger partial charge is 0.264 e. The molecule has 1 unspecified atom stereocenters. The largest absolute Gasteiger partial charge is 0.354 e. The van der Waals surface area contributed by atoms with Crippen molar-refractivity contribution in [1.29, 1.82) is 0 Å². The lowest BCUT2D eigenvalue weighted by Crippen LogP contribution is -2.53. The maximum atomic E-state index is 14.5. The Morgan fingerprint density at radius 2 is 1.45 bits per heavy atom. The highest BCUT2D eigenvalue weighted by Gasteiger charge is 2.34. The molecular formula is C35H38IN3O4S. The van der Waals surface area contributed by atoms with E-state index >= 15 is 0 Å². The first-order chi connectivity index (χ1) is 21.2. The van der Waals surface area contributed by atoms with Crippen LogP contribution in [-0.4, -0.2) is 44.3 Å². The minimum atomic E-state index is -4.12. The standard InChI is InChI=1S/C35H38IN3O4S/c1-3-4-23-37-35(41)33(24-28-14-7-5-8-15-28)38(25-29-16-12-11-13-27(29)2)34(40)26-39(31-21-19-30(36)20-22-31)44(42,43)32-17-9-6-10-18-32/h5-22,33H,3-4,23-26H2,1-2H3,(H,37,41). The predicted molar refractivity (Wildman–Crippen MR) is 184 cm³/mol. The van der Waals surface area contributed by atoms with Crippen LogP contribution in [0.2, 0.25) is 0 Å². The van der Waals surface area contributed by atoms with Crippen molar-refractivity contribution < 1.29 is 18.0 Å². The summed E-state index contributed by atoms with van der Waals surface area (Å²) in [6, 6.07) is 31.5. The van der Waals surface area contributed by atoms with Crippen LogP contribution in [0.15, 0.2) is 114 Å². The number of hydrogen-bond donors (Lipinski definition) is 1. The molecule has 0 bridgehead atoms. The number of benzene rings is 4. The summed E-state index contributed by atoms with van der Waals surface area (Å²) in [4.78, 5) is 29.9. The third kappa shape index (κ3) is 8.69. The van der Waals surface area contributed by atoms with Crippen LogP contribution in [-0.2, 0) is 32.6 Å². The fourth-order valence-electron chi connectivity index (χ4n) is 4.89. The summed E-state index contributed by atoms with van der Waals surface area (Å²) in [5, 5.41) is 3.02. The molecule has 2 amide bonds. The van der Waals surface area contributed by atoms with Crippen LogP contribution in [0.3, 0.4) is 0 Å². The van der Waals surface area contributed by atoms with E-state index in [2.05, 4.69) is 27.9 Å². The number of anilines is 1. The Morgan fingerprint density at radius 1 is 0.841 bits per heavy atom. The molecule has 0 aromatic heterocycles. The highest BCUT2D eigenvalue weighted by atomic mass is 127. The number of hydrogen-bond acceptors (Lipinski definition) is 4. The number of rotatable bonds is 14. The van der Waals surface area contributed by atoms with E-state index in [1.165, 1.54) is 17.0 Å². The fourth-order valence-corrected chi connectivity index (χ4v) is 6.68. The van der Waals surface area contributed by atoms with Crippen LogP contribution in [0.25, 0.3) is 0 Å². The van der Waals surface area contributed by atoms with Gasteiger partial charge < -0.3 is 10.2 Å². The monoisotopic (exact) mass is 723 g/mol. The Bertz CT molecular complexity index is 1630. The zero-order valence-electron chi connectivity index (χ0n) is 25.0. The summed E-state index contributed by atoms with van der Waals surface area (Å²) in [7, 11) is -4.12. The number of nitrogens with zero attached hydrogens (tertiary/aromatic N) is 2. The van der Waals surface area contributed by atoms with Crippen molar-refractivity contribution in [2.24, 2.45) is 0 Å². The minimum Gasteiger partial charge on any atom is -0.354 e. The Labute approximate surface area is 274 Å². The molecule has 0 saturated carbocycles. The second-order valence-electron chi connectivity index (χ2n) is 10.6. The maximum Gasteiger partial charge on any atom is 0.264 e. The van der Waals surface area contributed by atoms with E-state index in [-0.39, 0.29) is 23.8 Å². The number of amides is 2. The van der Waals surface area contributed by atoms with Crippen molar-refractivity contribution in [2.75, 3.05) is 17.4 Å². The number of halogens is 1. The summed E-state index contributed by atoms with van der Waals surface area (Å²) in [5.41, 5.74) is 3.12. The molecule has 7 nitrogen and oxygen atoms in total. The van der Waals surface area contributed by atoms with Crippen molar-refractivity contribution in [2.45, 2.75) is 50.6 Å². The normalized spacial score (nSPS) is 11.9. The van der Waals surface area contributed by atoms with Crippen LogP contribution < -0.4 is 9.62 Å². The lowest BCUT2D eigenvalue weighted by Gasteiger charge is -2.34. The SMILES string of the molecule is CCCCNC(=O)C(Cc1ccccc1)N(Cc1ccccc1C)C(=O)CN(c1ccc(I)cc1)S(=O)(=O)c1ccccc1. The van der Waals surface area contributed by atoms with Crippen LogP contribution in [0.1, 0.15) is 36.5 Å². The van der Waals surface area contributed by atoms with E-state index in [0.29, 0.717) is 12.2 Å². The van der Waals surface area contributed by atoms with Gasteiger partial charge in [-0.05, 0) is 89.0 Å². The van der Waals surface area contributed by atoms with Crippen LogP contribution in [0, 0.1) is 10.5 Å². The highest BCUT2D eigenvalue weighted by Crippen LogP contribution is 2.26. The molecule has 0 fully saturated rings. The van der Waals surface area contributed by atoms with Crippen molar-refractivity contribution >= 4 is 50.1 Å². The first kappa shape index (κ1) is 33.2. The number of aryl methyl sites for hydroxylation is 1. The Balaban J connectivity index is 1.78. The van der Waals surface area contributed by atoms with Gasteiger partial charge in [0.25, 0.3) is 10.0 Å². The second kappa shape index (κ2) is 15.9. The zero-order valence-corrected chi connectivity index (χ0v) is 28.0. The van der Waals surface area contributed by atoms with Gasteiger partial charge in [0.1, 0.15) is 12.6 Å². The van der Waals surface area contributed by atoms with E-state index in [4.69, 9.17) is 0 Å². The van der Waals surface area contributed by atoms with Gasteiger partial charge in [-0.1, -0.05) is 86.1 Å². The third-order valence-corrected chi connectivity index (χ3v) is 9.93. The number of unbranched alkanes of at least 4 members (excludes halogenated alkanes) is 1. The first-order valence-corrected chi connectivity index (χ1v) is 17.2. The molecule has 0 aliphatic rings. The molecule has 1 atom stereocenters. The molecule has 0 heterocycles. The van der Waals surface area contributed by atoms with Gasteiger partial charge >= 0.3 is 0 Å². The topological polar surface area (TPSA) is 86.8 Å². The van der Waals surface area contributed by atoms with Gasteiger partial charge in [0, 0.05) is 23.1 Å². The summed E-state index contributed by atoms with van der Waals surface area (Å²) >= 11 is 2.16. The molecule has 0 aliphatic carbocycles. The average Bonchev–Trinajstić information content (AvgIpc) is 3.03. The lowest BCUT2D eigenvalue weighted by atomic mass is 10.0. The molecule has 4 aromatic rings. The van der Waals surface area contributed by atoms with E-state index in [9.17, 15) is 18.0 Å². The van der Waals surface area contributed by atoms with Gasteiger partial charge in [0.2, 0.25) is 11.8 Å². The zero-order chi connectivity index (χ0) is 31.5. The third-order valence-electron chi connectivity index (χ3n) is 7.43. The van der Waals surface area contributed by atoms with Crippen molar-refractivity contribution in [3.8, 4) is 0 Å². The molecule has 4 rings (SSSR count). The van der Waals surface area contributed by atoms with Crippen LogP contribution in [0.5, 0.6) is 0 Å². The number of carbonyl (C=O) groups excluding carboxylic acids is 2. The van der Waals surface area contributed by atoms with Gasteiger partial charge in [-0.25, -0.2) is 8.42 Å². The van der Waals surface area contributed by atoms with Crippen LogP contribution in [0.4, 0.5) is 5.69 Å². The van der Waals surface area contributed by atoms with E-state index in [1.807, 2.05) is 68.4 Å². The fraction of sp³-hybridized carbons (Fsp3) is 0.257. The molecule has 230 valence electrons. The average molecular weight is 724 g/mol. The van der Waals surface area contributed by atoms with Crippen molar-refractivity contribution in [1.82, 2.24) is 10.2 Å². The summed E-state index contributed by atoms with van der Waals surface area (Å²) in [6.07, 6.45) is 2.01. The maximum absolute atomic E-state index is 14.5. The molecule has 1 N–H and O–H groups in total. The van der Waals surface area contributed by atoms with Gasteiger partial charge in [-0.2, -0.15) is 0 Å². The summed E-state index contributed by atoms with van der Waals surface area (Å²) in [6.45, 7) is 4.18. The summed E-state index contributed by atoms with van der Waals surface area (Å²) < 4.78 is 30.1. The second-order valence-corrected chi connectivity index (χ2v) is 13.7. The molecule has 0 radical (unpaired) electrons. The quantitative estimate of drug-likeness (QED) is 0.121. The van der Waals surface area contributed by atoms with E-state index < -0.39 is 28.5 Å². The number of nitrogens with one attached hydrogen (secondary N) is 1. The molecular weight excluding hydrogens is 685 g/mol. The lowest BCUT2D eigenvalue weighted by molar-refractivity contribution is -0.140. The Morgan fingerprint density at radius 3 is 2.09 bits per heavy atom. The molecule has 0 saturated heterocycles. The van der Waals surface area contributed by atoms with Crippen molar-refractivity contribution in [3.05, 3.63) is 129 Å². The molecule has 9 heteroatoms. The van der Waals surface area contributed by atoms with Crippen LogP contribution >= 0.6 is 22.6 Å². The van der Waals surface area contributed by atoms with Crippen molar-refractivity contribution in [3.63, 3.8) is 0 Å². The molecule has 44 heavy (non-hydrogen) atoms. The molecule has 4 aromatic carbocycles. The van der Waals surface area contributed by atoms with Gasteiger partial charge in [0.15, 0.2) is 0 Å². The van der Waals surface area contributed by atoms with E-state index in [0.717, 1.165) is 37.4 Å². The van der Waals surface area contributed by atoms with Gasteiger partial charge in [-0.3, -0.25) is 13.9 Å². The minimum absolute atomic E-state index is 0.0787. The predicted octanol–water partition coefficient (Wildman–Crippen LogP) is 6.35. The van der Waals surface area contributed by atoms with Gasteiger partial charge in [0.05, 0.1) is 10.6 Å². The van der Waals surface area contributed by atoms with Gasteiger partial charge in [-0.15, -0.1) is 0 Å². The molecule has 0 aliphatic heterocycles. The number of carbonyl (C=O) groups is 2. The van der Waals surface area contributed by atoms with E-state index in [1.54, 1.807) is 42.5 Å². The summed E-state index contributed by atoms with van der Waals surface area (Å²) in [5.74, 6) is -0.742. The first-order valence-electron chi connectivity index (χ1n) is 14.7. The Hall–Kier alpha value is -3.70.